The van der Waals surface area contributed by atoms with Crippen LogP contribution < -0.4 is 21.9 Å². The number of nitrogens with one attached hydrogen (secondary N) is 3. The fourth-order valence-electron chi connectivity index (χ4n) is 2.89. The van der Waals surface area contributed by atoms with Gasteiger partial charge in [0, 0.05) is 5.41 Å². The number of carbonyl (C=O) groups is 2. The Hall–Kier alpha value is -3.31. The maximum absolute atomic E-state index is 14.1. The summed E-state index contributed by atoms with van der Waals surface area (Å²) in [6.07, 6.45) is -4.09. The number of H-pyrrole nitrogens is 1. The number of furan rings is 1. The van der Waals surface area contributed by atoms with E-state index >= 15 is 0 Å². The molecule has 0 aliphatic carbocycles. The Kier molecular flexibility index (Phi) is 4.48. The molecule has 0 spiro atoms. The Bertz CT molecular complexity index is 1090. The first-order valence-corrected chi connectivity index (χ1v) is 8.40. The SMILES string of the molecule is CC(C)(C)C(=O)N[C@@]1(C(F)(F)F)C(=O)Nc2c1c(=O)[nH]c(=O)n2Cc1ccco1. The van der Waals surface area contributed by atoms with Crippen molar-refractivity contribution in [1.29, 1.82) is 0 Å². The molecule has 3 rings (SSSR count). The molecule has 0 aromatic carbocycles. The van der Waals surface area contributed by atoms with Crippen LogP contribution in [0.5, 0.6) is 0 Å². The van der Waals surface area contributed by atoms with Gasteiger partial charge in [0.05, 0.1) is 12.8 Å². The summed E-state index contributed by atoms with van der Waals surface area (Å²) in [6.45, 7) is 3.69. The van der Waals surface area contributed by atoms with Crippen LogP contribution in [0, 0.1) is 5.41 Å². The molecule has 2 amide bonds. The predicted molar refractivity (Wildman–Crippen MR) is 93.1 cm³/mol. The van der Waals surface area contributed by atoms with Crippen LogP contribution in [-0.2, 0) is 21.7 Å². The Morgan fingerprint density at radius 2 is 1.90 bits per heavy atom. The summed E-state index contributed by atoms with van der Waals surface area (Å²) in [6, 6.07) is 2.95. The third-order valence-corrected chi connectivity index (χ3v) is 4.45. The van der Waals surface area contributed by atoms with E-state index in [9.17, 15) is 32.3 Å². The third-order valence-electron chi connectivity index (χ3n) is 4.45. The average molecular weight is 414 g/mol. The van der Waals surface area contributed by atoms with Crippen molar-refractivity contribution in [2.24, 2.45) is 5.41 Å². The first-order valence-electron chi connectivity index (χ1n) is 8.40. The number of halogens is 3. The minimum absolute atomic E-state index is 0.193. The quantitative estimate of drug-likeness (QED) is 0.692. The Balaban J connectivity index is 2.28. The summed E-state index contributed by atoms with van der Waals surface area (Å²) in [4.78, 5) is 51.3. The van der Waals surface area contributed by atoms with E-state index in [2.05, 4.69) is 0 Å². The minimum Gasteiger partial charge on any atom is -0.467 e. The summed E-state index contributed by atoms with van der Waals surface area (Å²) in [5, 5.41) is 3.63. The highest BCUT2D eigenvalue weighted by Gasteiger charge is 2.68. The van der Waals surface area contributed by atoms with E-state index in [-0.39, 0.29) is 12.3 Å². The van der Waals surface area contributed by atoms with Gasteiger partial charge in [-0.3, -0.25) is 23.9 Å². The molecule has 0 bridgehead atoms. The monoisotopic (exact) mass is 414 g/mol. The summed E-state index contributed by atoms with van der Waals surface area (Å²) < 4.78 is 48.3. The van der Waals surface area contributed by atoms with E-state index in [1.807, 2.05) is 5.32 Å². The van der Waals surface area contributed by atoms with Gasteiger partial charge in [0.1, 0.15) is 17.1 Å². The topological polar surface area (TPSA) is 126 Å². The van der Waals surface area contributed by atoms with Gasteiger partial charge in [0.25, 0.3) is 11.5 Å². The Morgan fingerprint density at radius 3 is 2.41 bits per heavy atom. The van der Waals surface area contributed by atoms with Crippen molar-refractivity contribution < 1.29 is 27.2 Å². The maximum atomic E-state index is 14.1. The smallest absolute Gasteiger partial charge is 0.425 e. The fraction of sp³-hybridized carbons (Fsp3) is 0.412. The Labute approximate surface area is 160 Å². The normalized spacial score (nSPS) is 19.0. The number of nitrogens with zero attached hydrogens (tertiary/aromatic N) is 1. The molecule has 0 saturated carbocycles. The highest BCUT2D eigenvalue weighted by molar-refractivity contribution is 6.07. The van der Waals surface area contributed by atoms with Gasteiger partial charge in [-0.15, -0.1) is 0 Å². The van der Waals surface area contributed by atoms with Gasteiger partial charge >= 0.3 is 11.9 Å². The van der Waals surface area contributed by atoms with E-state index < -0.39 is 51.6 Å². The molecule has 1 aliphatic heterocycles. The van der Waals surface area contributed by atoms with Crippen LogP contribution in [0.4, 0.5) is 19.0 Å². The van der Waals surface area contributed by atoms with Crippen LogP contribution in [0.1, 0.15) is 32.1 Å². The number of rotatable bonds is 3. The molecule has 0 radical (unpaired) electrons. The van der Waals surface area contributed by atoms with E-state index in [0.717, 1.165) is 4.57 Å². The van der Waals surface area contributed by atoms with Crippen molar-refractivity contribution >= 4 is 17.6 Å². The molecule has 3 heterocycles. The molecule has 1 aliphatic rings. The first kappa shape index (κ1) is 20.4. The number of aromatic nitrogens is 2. The molecule has 12 heteroatoms. The second-order valence-corrected chi connectivity index (χ2v) is 7.55. The zero-order valence-corrected chi connectivity index (χ0v) is 15.6. The Morgan fingerprint density at radius 1 is 1.24 bits per heavy atom. The molecule has 2 aromatic heterocycles. The summed E-state index contributed by atoms with van der Waals surface area (Å²) in [5.74, 6) is -3.27. The van der Waals surface area contributed by atoms with Gasteiger partial charge in [-0.05, 0) is 12.1 Å². The highest BCUT2D eigenvalue weighted by atomic mass is 19.4. The number of alkyl halides is 3. The summed E-state index contributed by atoms with van der Waals surface area (Å²) in [7, 11) is 0. The number of amides is 2. The van der Waals surface area contributed by atoms with E-state index in [1.54, 1.807) is 10.3 Å². The summed E-state index contributed by atoms with van der Waals surface area (Å²) in [5.41, 5.74) is -8.55. The number of hydrogen-bond acceptors (Lipinski definition) is 5. The third kappa shape index (κ3) is 3.13. The lowest BCUT2D eigenvalue weighted by Gasteiger charge is -2.32. The standard InChI is InChI=1S/C17H17F3N4O5/c1-15(2,3)12(26)23-16(17(18,19)20)9-10(21-13(16)27)24(14(28)22-11(9)25)7-8-5-4-6-29-8/h4-6H,7H2,1-3H3,(H,21,27)(H,23,26)(H,22,25,28)/t16-/m1/s1. The van der Waals surface area contributed by atoms with Crippen molar-refractivity contribution in [3.05, 3.63) is 50.6 Å². The molecule has 2 aromatic rings. The van der Waals surface area contributed by atoms with Crippen LogP contribution >= 0.6 is 0 Å². The maximum Gasteiger partial charge on any atom is 0.425 e. The van der Waals surface area contributed by atoms with Crippen LogP contribution in [0.2, 0.25) is 0 Å². The molecule has 156 valence electrons. The zero-order chi connectivity index (χ0) is 21.8. The van der Waals surface area contributed by atoms with Crippen molar-refractivity contribution in [2.75, 3.05) is 5.32 Å². The van der Waals surface area contributed by atoms with Gasteiger partial charge < -0.3 is 15.1 Å². The number of hydrogen-bond donors (Lipinski definition) is 3. The van der Waals surface area contributed by atoms with Gasteiger partial charge in [-0.2, -0.15) is 13.2 Å². The van der Waals surface area contributed by atoms with E-state index in [1.165, 1.54) is 39.2 Å². The predicted octanol–water partition coefficient (Wildman–Crippen LogP) is 1.05. The molecule has 0 saturated heterocycles. The van der Waals surface area contributed by atoms with Crippen LogP contribution in [0.15, 0.2) is 32.4 Å². The van der Waals surface area contributed by atoms with E-state index in [4.69, 9.17) is 4.42 Å². The molecule has 1 atom stereocenters. The minimum atomic E-state index is -5.37. The van der Waals surface area contributed by atoms with Gasteiger partial charge in [0.15, 0.2) is 0 Å². The van der Waals surface area contributed by atoms with Crippen molar-refractivity contribution in [1.82, 2.24) is 14.9 Å². The highest BCUT2D eigenvalue weighted by Crippen LogP contribution is 2.45. The van der Waals surface area contributed by atoms with Crippen molar-refractivity contribution in [3.63, 3.8) is 0 Å². The van der Waals surface area contributed by atoms with Crippen LogP contribution in [0.3, 0.4) is 0 Å². The lowest BCUT2D eigenvalue weighted by molar-refractivity contribution is -0.201. The second-order valence-electron chi connectivity index (χ2n) is 7.55. The number of carbonyl (C=O) groups excluding carboxylic acids is 2. The van der Waals surface area contributed by atoms with Crippen molar-refractivity contribution in [2.45, 2.75) is 39.0 Å². The number of anilines is 1. The van der Waals surface area contributed by atoms with Gasteiger partial charge in [0.2, 0.25) is 11.4 Å². The largest absolute Gasteiger partial charge is 0.467 e. The fourth-order valence-corrected chi connectivity index (χ4v) is 2.89. The average Bonchev–Trinajstić information content (AvgIpc) is 3.17. The molecular weight excluding hydrogens is 397 g/mol. The molecular formula is C17H17F3N4O5. The van der Waals surface area contributed by atoms with Gasteiger partial charge in [-0.25, -0.2) is 4.79 Å². The second kappa shape index (κ2) is 6.36. The van der Waals surface area contributed by atoms with Gasteiger partial charge in [-0.1, -0.05) is 20.8 Å². The first-order chi connectivity index (χ1) is 13.3. The number of fused-ring (bicyclic) bond motifs is 1. The van der Waals surface area contributed by atoms with Crippen LogP contribution in [-0.4, -0.2) is 27.5 Å². The lowest BCUT2D eigenvalue weighted by atomic mass is 9.88. The van der Waals surface area contributed by atoms with Crippen LogP contribution in [0.25, 0.3) is 0 Å². The number of aromatic amines is 1. The molecule has 0 unspecified atom stereocenters. The molecule has 29 heavy (non-hydrogen) atoms. The van der Waals surface area contributed by atoms with E-state index in [0.29, 0.717) is 0 Å². The lowest BCUT2D eigenvalue weighted by Crippen LogP contribution is -2.63. The zero-order valence-electron chi connectivity index (χ0n) is 15.6. The molecule has 3 N–H and O–H groups in total. The molecule has 9 nitrogen and oxygen atoms in total. The summed E-state index contributed by atoms with van der Waals surface area (Å²) >= 11 is 0. The molecule has 0 fully saturated rings. The van der Waals surface area contributed by atoms with Crippen molar-refractivity contribution in [3.8, 4) is 0 Å².